The van der Waals surface area contributed by atoms with Gasteiger partial charge >= 0.3 is 0 Å². The average Bonchev–Trinajstić information content (AvgIpc) is 1.59. The minimum Gasteiger partial charge on any atom is -0.303 e. The first-order valence-electron chi connectivity index (χ1n) is 3.02. The summed E-state index contributed by atoms with van der Waals surface area (Å²) in [5, 5.41) is 0. The van der Waals surface area contributed by atoms with E-state index in [1.54, 1.807) is 6.92 Å². The van der Waals surface area contributed by atoms with Crippen LogP contribution in [0.1, 0.15) is 20.8 Å². The first-order valence-corrected chi connectivity index (χ1v) is 3.02. The van der Waals surface area contributed by atoms with Crippen LogP contribution in [0.5, 0.6) is 0 Å². The standard InChI is InChI=1S/C7H14N2/c1-6(2)4-5-7(3,8)9/h6H,8-9H2,1-3H3. The van der Waals surface area contributed by atoms with Gasteiger partial charge in [0.1, 0.15) is 5.66 Å². The molecular formula is C7H14N2. The van der Waals surface area contributed by atoms with Crippen molar-refractivity contribution in [2.24, 2.45) is 17.4 Å². The lowest BCUT2D eigenvalue weighted by Gasteiger charge is -2.08. The van der Waals surface area contributed by atoms with E-state index in [0.29, 0.717) is 5.92 Å². The van der Waals surface area contributed by atoms with E-state index < -0.39 is 5.66 Å². The number of hydrogen-bond acceptors (Lipinski definition) is 2. The highest BCUT2D eigenvalue weighted by molar-refractivity contribution is 5.12. The molecule has 0 saturated heterocycles. The third-order valence-corrected chi connectivity index (χ3v) is 0.630. The van der Waals surface area contributed by atoms with Gasteiger partial charge in [0.2, 0.25) is 0 Å². The van der Waals surface area contributed by atoms with Crippen molar-refractivity contribution >= 4 is 0 Å². The Morgan fingerprint density at radius 1 is 1.33 bits per heavy atom. The predicted octanol–water partition coefficient (Wildman–Crippen LogP) is 0.279. The van der Waals surface area contributed by atoms with Gasteiger partial charge in [-0.05, 0) is 6.92 Å². The Labute approximate surface area is 56.6 Å². The third kappa shape index (κ3) is 7.48. The molecule has 0 rings (SSSR count). The number of hydrogen-bond donors (Lipinski definition) is 2. The van der Waals surface area contributed by atoms with Crippen molar-refractivity contribution in [3.63, 3.8) is 0 Å². The van der Waals surface area contributed by atoms with Crippen LogP contribution in [0.25, 0.3) is 0 Å². The maximum Gasteiger partial charge on any atom is 0.124 e. The lowest BCUT2D eigenvalue weighted by Crippen LogP contribution is -2.44. The van der Waals surface area contributed by atoms with Crippen molar-refractivity contribution in [3.8, 4) is 11.8 Å². The van der Waals surface area contributed by atoms with E-state index >= 15 is 0 Å². The minimum atomic E-state index is -0.829. The van der Waals surface area contributed by atoms with Crippen molar-refractivity contribution in [3.05, 3.63) is 0 Å². The molecule has 0 spiro atoms. The van der Waals surface area contributed by atoms with E-state index in [2.05, 4.69) is 11.8 Å². The molecule has 0 amide bonds. The Morgan fingerprint density at radius 3 is 1.89 bits per heavy atom. The molecule has 0 unspecified atom stereocenters. The zero-order valence-electron chi connectivity index (χ0n) is 6.23. The number of rotatable bonds is 0. The van der Waals surface area contributed by atoms with Gasteiger partial charge in [-0.3, -0.25) is 0 Å². The van der Waals surface area contributed by atoms with Gasteiger partial charge in [-0.2, -0.15) is 0 Å². The Kier molecular flexibility index (Phi) is 2.69. The minimum absolute atomic E-state index is 0.344. The topological polar surface area (TPSA) is 52.0 Å². The molecule has 0 fully saturated rings. The Hall–Kier alpha value is -0.520. The fraction of sp³-hybridized carbons (Fsp3) is 0.714. The van der Waals surface area contributed by atoms with Crippen LogP contribution in [0.2, 0.25) is 0 Å². The molecule has 0 aliphatic rings. The van der Waals surface area contributed by atoms with Crippen LogP contribution in [0, 0.1) is 17.8 Å². The van der Waals surface area contributed by atoms with E-state index in [9.17, 15) is 0 Å². The molecule has 0 saturated carbocycles. The van der Waals surface area contributed by atoms with Crippen molar-refractivity contribution in [1.29, 1.82) is 0 Å². The van der Waals surface area contributed by atoms with E-state index in [-0.39, 0.29) is 0 Å². The van der Waals surface area contributed by atoms with Crippen LogP contribution in [0.4, 0.5) is 0 Å². The second-order valence-electron chi connectivity index (χ2n) is 2.71. The van der Waals surface area contributed by atoms with Crippen LogP contribution < -0.4 is 11.5 Å². The van der Waals surface area contributed by atoms with Crippen molar-refractivity contribution in [2.45, 2.75) is 26.4 Å². The van der Waals surface area contributed by atoms with E-state index in [4.69, 9.17) is 11.5 Å². The smallest absolute Gasteiger partial charge is 0.124 e. The maximum atomic E-state index is 5.39. The maximum absolute atomic E-state index is 5.39. The Bertz CT molecular complexity index is 131. The molecule has 0 radical (unpaired) electrons. The van der Waals surface area contributed by atoms with Gasteiger partial charge in [0.05, 0.1) is 0 Å². The van der Waals surface area contributed by atoms with Gasteiger partial charge < -0.3 is 11.5 Å². The Balaban J connectivity index is 3.88. The Morgan fingerprint density at radius 2 is 1.78 bits per heavy atom. The summed E-state index contributed by atoms with van der Waals surface area (Å²) in [6.07, 6.45) is 0. The van der Waals surface area contributed by atoms with Gasteiger partial charge in [-0.15, -0.1) is 0 Å². The third-order valence-electron chi connectivity index (χ3n) is 0.630. The SMILES string of the molecule is CC(C)C#CC(C)(N)N. The molecule has 0 aromatic rings. The monoisotopic (exact) mass is 126 g/mol. The molecule has 0 aliphatic heterocycles. The van der Waals surface area contributed by atoms with Crippen molar-refractivity contribution in [2.75, 3.05) is 0 Å². The van der Waals surface area contributed by atoms with Crippen LogP contribution in [-0.4, -0.2) is 5.66 Å². The summed E-state index contributed by atoms with van der Waals surface area (Å²) in [6.45, 7) is 5.68. The van der Waals surface area contributed by atoms with Crippen LogP contribution in [0.15, 0.2) is 0 Å². The molecular weight excluding hydrogens is 112 g/mol. The van der Waals surface area contributed by atoms with Gasteiger partial charge in [0, 0.05) is 5.92 Å². The highest BCUT2D eigenvalue weighted by Gasteiger charge is 2.03. The fourth-order valence-corrected chi connectivity index (χ4v) is 0.300. The van der Waals surface area contributed by atoms with Gasteiger partial charge in [0.25, 0.3) is 0 Å². The summed E-state index contributed by atoms with van der Waals surface area (Å²) in [6, 6.07) is 0. The molecule has 0 heterocycles. The zero-order chi connectivity index (χ0) is 7.49. The first kappa shape index (κ1) is 8.48. The molecule has 0 aromatic carbocycles. The van der Waals surface area contributed by atoms with E-state index in [1.165, 1.54) is 0 Å². The lowest BCUT2D eigenvalue weighted by atomic mass is 10.2. The predicted molar refractivity (Wildman–Crippen MR) is 39.4 cm³/mol. The summed E-state index contributed by atoms with van der Waals surface area (Å²) in [5.41, 5.74) is 9.95. The van der Waals surface area contributed by atoms with Gasteiger partial charge in [0.15, 0.2) is 0 Å². The van der Waals surface area contributed by atoms with Gasteiger partial charge in [-0.1, -0.05) is 25.7 Å². The largest absolute Gasteiger partial charge is 0.303 e. The highest BCUT2D eigenvalue weighted by atomic mass is 14.9. The van der Waals surface area contributed by atoms with Crippen molar-refractivity contribution in [1.82, 2.24) is 0 Å². The highest BCUT2D eigenvalue weighted by Crippen LogP contribution is 1.89. The molecule has 0 aliphatic carbocycles. The average molecular weight is 126 g/mol. The molecule has 2 nitrogen and oxygen atoms in total. The molecule has 9 heavy (non-hydrogen) atoms. The van der Waals surface area contributed by atoms with Crippen LogP contribution in [0.3, 0.4) is 0 Å². The second-order valence-corrected chi connectivity index (χ2v) is 2.71. The second kappa shape index (κ2) is 2.86. The molecule has 0 atom stereocenters. The molecule has 52 valence electrons. The normalized spacial score (nSPS) is 10.9. The molecule has 0 aromatic heterocycles. The molecule has 0 bridgehead atoms. The molecule has 2 heteroatoms. The van der Waals surface area contributed by atoms with Crippen LogP contribution >= 0.6 is 0 Å². The van der Waals surface area contributed by atoms with Crippen LogP contribution in [-0.2, 0) is 0 Å². The summed E-state index contributed by atoms with van der Waals surface area (Å²) >= 11 is 0. The van der Waals surface area contributed by atoms with Gasteiger partial charge in [-0.25, -0.2) is 0 Å². The van der Waals surface area contributed by atoms with E-state index in [1.807, 2.05) is 13.8 Å². The summed E-state index contributed by atoms with van der Waals surface area (Å²) < 4.78 is 0. The zero-order valence-corrected chi connectivity index (χ0v) is 6.23. The van der Waals surface area contributed by atoms with E-state index in [0.717, 1.165) is 0 Å². The van der Waals surface area contributed by atoms with Crippen molar-refractivity contribution < 1.29 is 0 Å². The fourth-order valence-electron chi connectivity index (χ4n) is 0.300. The lowest BCUT2D eigenvalue weighted by molar-refractivity contribution is 0.639. The summed E-state index contributed by atoms with van der Waals surface area (Å²) in [5.74, 6) is 5.96. The first-order chi connectivity index (χ1) is 3.92. The summed E-state index contributed by atoms with van der Waals surface area (Å²) in [4.78, 5) is 0. The quantitative estimate of drug-likeness (QED) is 0.362. The summed E-state index contributed by atoms with van der Waals surface area (Å²) in [7, 11) is 0. The molecule has 4 N–H and O–H groups in total. The number of nitrogens with two attached hydrogens (primary N) is 2.